The third kappa shape index (κ3) is 2.48. The molecule has 19 heavy (non-hydrogen) atoms. The van der Waals surface area contributed by atoms with Crippen molar-refractivity contribution in [1.29, 1.82) is 0 Å². The van der Waals surface area contributed by atoms with Crippen LogP contribution in [0.5, 0.6) is 0 Å². The Morgan fingerprint density at radius 3 is 2.37 bits per heavy atom. The summed E-state index contributed by atoms with van der Waals surface area (Å²) in [6.07, 6.45) is 6.65. The molecule has 1 aliphatic carbocycles. The van der Waals surface area contributed by atoms with Crippen molar-refractivity contribution in [3.63, 3.8) is 0 Å². The molecule has 5 atom stereocenters. The molecule has 0 aromatic heterocycles. The Bertz CT molecular complexity index is 384. The monoisotopic (exact) mass is 267 g/mol. The molecule has 0 aromatic carbocycles. The molecule has 3 rings (SSSR count). The van der Waals surface area contributed by atoms with Crippen LogP contribution in [-0.4, -0.2) is 35.2 Å². The molecule has 5 nitrogen and oxygen atoms in total. The number of hydrogen-bond acceptors (Lipinski definition) is 3. The Morgan fingerprint density at radius 2 is 1.79 bits per heavy atom. The molecule has 2 saturated heterocycles. The van der Waals surface area contributed by atoms with E-state index < -0.39 is 11.9 Å². The van der Waals surface area contributed by atoms with Gasteiger partial charge in [-0.1, -0.05) is 12.8 Å². The van der Waals surface area contributed by atoms with Crippen molar-refractivity contribution in [3.8, 4) is 0 Å². The molecule has 2 aliphatic heterocycles. The molecule has 0 spiro atoms. The third-order valence-corrected chi connectivity index (χ3v) is 4.85. The van der Waals surface area contributed by atoms with Gasteiger partial charge in [0.15, 0.2) is 0 Å². The SMILES string of the molecule is O=C(O)C1CCCCC1C(=O)NC1CC2CCC1O2. The molecule has 5 heteroatoms. The quantitative estimate of drug-likeness (QED) is 0.808. The van der Waals surface area contributed by atoms with E-state index in [1.54, 1.807) is 0 Å². The first-order valence-electron chi connectivity index (χ1n) is 7.34. The smallest absolute Gasteiger partial charge is 0.307 e. The van der Waals surface area contributed by atoms with E-state index in [0.717, 1.165) is 32.1 Å². The Hall–Kier alpha value is -1.10. The minimum atomic E-state index is -0.830. The Kier molecular flexibility index (Phi) is 3.48. The number of fused-ring (bicyclic) bond motifs is 2. The van der Waals surface area contributed by atoms with Crippen molar-refractivity contribution in [2.45, 2.75) is 63.2 Å². The van der Waals surface area contributed by atoms with Gasteiger partial charge < -0.3 is 15.2 Å². The van der Waals surface area contributed by atoms with E-state index in [9.17, 15) is 14.7 Å². The summed E-state index contributed by atoms with van der Waals surface area (Å²) in [7, 11) is 0. The van der Waals surface area contributed by atoms with Gasteiger partial charge in [0.05, 0.1) is 30.1 Å². The molecule has 1 amide bonds. The fourth-order valence-corrected chi connectivity index (χ4v) is 3.82. The van der Waals surface area contributed by atoms with Crippen LogP contribution in [0.4, 0.5) is 0 Å². The van der Waals surface area contributed by atoms with Gasteiger partial charge in [-0.15, -0.1) is 0 Å². The van der Waals surface area contributed by atoms with E-state index in [1.807, 2.05) is 0 Å². The standard InChI is InChI=1S/C14H21NO4/c16-13(9-3-1-2-4-10(9)14(17)18)15-11-7-8-5-6-12(11)19-8/h8-12H,1-7H2,(H,15,16)(H,17,18). The zero-order valence-corrected chi connectivity index (χ0v) is 11.0. The molecule has 3 aliphatic rings. The normalized spacial score (nSPS) is 41.2. The van der Waals surface area contributed by atoms with E-state index in [2.05, 4.69) is 5.32 Å². The van der Waals surface area contributed by atoms with Crippen LogP contribution < -0.4 is 5.32 Å². The van der Waals surface area contributed by atoms with Crippen molar-refractivity contribution >= 4 is 11.9 Å². The van der Waals surface area contributed by atoms with Crippen LogP contribution in [0.25, 0.3) is 0 Å². The summed E-state index contributed by atoms with van der Waals surface area (Å²) >= 11 is 0. The lowest BCUT2D eigenvalue weighted by molar-refractivity contribution is -0.149. The van der Waals surface area contributed by atoms with Gasteiger partial charge in [0.25, 0.3) is 0 Å². The Morgan fingerprint density at radius 1 is 1.05 bits per heavy atom. The molecule has 2 bridgehead atoms. The van der Waals surface area contributed by atoms with E-state index in [-0.39, 0.29) is 24.0 Å². The maximum Gasteiger partial charge on any atom is 0.307 e. The fourth-order valence-electron chi connectivity index (χ4n) is 3.82. The molecule has 2 N–H and O–H groups in total. The van der Waals surface area contributed by atoms with Crippen LogP contribution in [0.3, 0.4) is 0 Å². The number of carbonyl (C=O) groups is 2. The minimum Gasteiger partial charge on any atom is -0.481 e. The minimum absolute atomic E-state index is 0.0757. The van der Waals surface area contributed by atoms with E-state index in [1.165, 1.54) is 0 Å². The summed E-state index contributed by atoms with van der Waals surface area (Å²) < 4.78 is 5.72. The molecule has 2 heterocycles. The summed E-state index contributed by atoms with van der Waals surface area (Å²) in [5.41, 5.74) is 0. The van der Waals surface area contributed by atoms with Gasteiger partial charge in [-0.2, -0.15) is 0 Å². The van der Waals surface area contributed by atoms with Gasteiger partial charge in [0.1, 0.15) is 0 Å². The zero-order chi connectivity index (χ0) is 13.4. The van der Waals surface area contributed by atoms with Crippen molar-refractivity contribution in [2.24, 2.45) is 11.8 Å². The highest BCUT2D eigenvalue weighted by Crippen LogP contribution is 2.35. The molecule has 3 fully saturated rings. The van der Waals surface area contributed by atoms with Crippen LogP contribution in [0.15, 0.2) is 0 Å². The molecule has 1 saturated carbocycles. The average molecular weight is 267 g/mol. The summed E-state index contributed by atoms with van der Waals surface area (Å²) in [6.45, 7) is 0. The first-order valence-corrected chi connectivity index (χ1v) is 7.34. The number of ether oxygens (including phenoxy) is 1. The summed E-state index contributed by atoms with van der Waals surface area (Å²) in [4.78, 5) is 23.5. The number of hydrogen-bond donors (Lipinski definition) is 2. The Labute approximate surface area is 112 Å². The van der Waals surface area contributed by atoms with Crippen molar-refractivity contribution in [1.82, 2.24) is 5.32 Å². The van der Waals surface area contributed by atoms with Gasteiger partial charge in [-0.05, 0) is 32.1 Å². The molecule has 0 radical (unpaired) electrons. The largest absolute Gasteiger partial charge is 0.481 e. The highest BCUT2D eigenvalue weighted by atomic mass is 16.5. The summed E-state index contributed by atoms with van der Waals surface area (Å²) in [5, 5.41) is 12.3. The zero-order valence-electron chi connectivity index (χ0n) is 11.0. The number of carboxylic acid groups (broad SMARTS) is 1. The van der Waals surface area contributed by atoms with Gasteiger partial charge in [-0.3, -0.25) is 9.59 Å². The maximum absolute atomic E-state index is 12.3. The van der Waals surface area contributed by atoms with Crippen LogP contribution in [0, 0.1) is 11.8 Å². The van der Waals surface area contributed by atoms with E-state index >= 15 is 0 Å². The van der Waals surface area contributed by atoms with Crippen LogP contribution >= 0.6 is 0 Å². The second kappa shape index (κ2) is 5.12. The van der Waals surface area contributed by atoms with Crippen molar-refractivity contribution < 1.29 is 19.4 Å². The average Bonchev–Trinajstić information content (AvgIpc) is 3.01. The molecular formula is C14H21NO4. The van der Waals surface area contributed by atoms with Crippen molar-refractivity contribution in [2.75, 3.05) is 0 Å². The number of amides is 1. The number of aliphatic carboxylic acids is 1. The van der Waals surface area contributed by atoms with Crippen LogP contribution in [0.2, 0.25) is 0 Å². The molecule has 0 aromatic rings. The number of carboxylic acids is 1. The first-order chi connectivity index (χ1) is 9.15. The molecule has 106 valence electrons. The summed E-state index contributed by atoms with van der Waals surface area (Å²) in [6, 6.07) is 0.0996. The predicted molar refractivity (Wildman–Crippen MR) is 67.5 cm³/mol. The van der Waals surface area contributed by atoms with E-state index in [4.69, 9.17) is 4.74 Å². The maximum atomic E-state index is 12.3. The second-order valence-corrected chi connectivity index (χ2v) is 6.06. The van der Waals surface area contributed by atoms with Gasteiger partial charge in [-0.25, -0.2) is 0 Å². The topological polar surface area (TPSA) is 75.6 Å². The van der Waals surface area contributed by atoms with Gasteiger partial charge >= 0.3 is 5.97 Å². The molecular weight excluding hydrogens is 246 g/mol. The summed E-state index contributed by atoms with van der Waals surface area (Å²) in [5.74, 6) is -1.77. The number of nitrogens with one attached hydrogen (secondary N) is 1. The van der Waals surface area contributed by atoms with Crippen LogP contribution in [0.1, 0.15) is 44.9 Å². The fraction of sp³-hybridized carbons (Fsp3) is 0.857. The highest BCUT2D eigenvalue weighted by Gasteiger charge is 2.43. The lowest BCUT2D eigenvalue weighted by Gasteiger charge is -2.29. The Balaban J connectivity index is 1.61. The number of carbonyl (C=O) groups excluding carboxylic acids is 1. The third-order valence-electron chi connectivity index (χ3n) is 4.85. The van der Waals surface area contributed by atoms with Crippen LogP contribution in [-0.2, 0) is 14.3 Å². The van der Waals surface area contributed by atoms with Gasteiger partial charge in [0.2, 0.25) is 5.91 Å². The lowest BCUT2D eigenvalue weighted by Crippen LogP contribution is -2.47. The van der Waals surface area contributed by atoms with E-state index in [0.29, 0.717) is 18.9 Å². The lowest BCUT2D eigenvalue weighted by atomic mass is 9.78. The molecule has 5 unspecified atom stereocenters. The first kappa shape index (κ1) is 12.9. The highest BCUT2D eigenvalue weighted by molar-refractivity contribution is 5.85. The predicted octanol–water partition coefficient (Wildman–Crippen LogP) is 1.31. The second-order valence-electron chi connectivity index (χ2n) is 6.06. The van der Waals surface area contributed by atoms with Gasteiger partial charge in [0, 0.05) is 0 Å². The van der Waals surface area contributed by atoms with Crippen molar-refractivity contribution in [3.05, 3.63) is 0 Å². The number of rotatable bonds is 3.